The standard InChI is InChI=1S/C20H16BrFN2O4S/c1-27-17-6-5-13(21)8-16(17)20-24-15(11-29-20)10-28-18(25)9-23-19(26)12-3-2-4-14(22)7-12/h2-8,11H,9-10H2,1H3,(H,23,26). The molecule has 3 aromatic rings. The molecule has 0 fully saturated rings. The van der Waals surface area contributed by atoms with Crippen molar-refractivity contribution < 1.29 is 23.5 Å². The number of nitrogens with one attached hydrogen (secondary N) is 1. The average Bonchev–Trinajstić information content (AvgIpc) is 3.19. The highest BCUT2D eigenvalue weighted by molar-refractivity contribution is 9.10. The van der Waals surface area contributed by atoms with Crippen LogP contribution in [0.25, 0.3) is 10.6 Å². The quantitative estimate of drug-likeness (QED) is 0.515. The van der Waals surface area contributed by atoms with Crippen LogP contribution in [0.15, 0.2) is 52.3 Å². The van der Waals surface area contributed by atoms with E-state index in [2.05, 4.69) is 26.2 Å². The van der Waals surface area contributed by atoms with Crippen LogP contribution < -0.4 is 10.1 Å². The van der Waals surface area contributed by atoms with Crippen molar-refractivity contribution in [3.05, 3.63) is 69.4 Å². The van der Waals surface area contributed by atoms with E-state index in [1.807, 2.05) is 18.2 Å². The van der Waals surface area contributed by atoms with E-state index in [0.717, 1.165) is 21.1 Å². The summed E-state index contributed by atoms with van der Waals surface area (Å²) in [5, 5.41) is 4.91. The van der Waals surface area contributed by atoms with Gasteiger partial charge in [0.05, 0.1) is 18.4 Å². The first-order valence-corrected chi connectivity index (χ1v) is 10.1. The van der Waals surface area contributed by atoms with Gasteiger partial charge >= 0.3 is 5.97 Å². The van der Waals surface area contributed by atoms with Crippen LogP contribution in [0.2, 0.25) is 0 Å². The van der Waals surface area contributed by atoms with Gasteiger partial charge in [0, 0.05) is 15.4 Å². The van der Waals surface area contributed by atoms with E-state index in [0.29, 0.717) is 11.4 Å². The summed E-state index contributed by atoms with van der Waals surface area (Å²) in [4.78, 5) is 28.3. The lowest BCUT2D eigenvalue weighted by Crippen LogP contribution is -2.30. The Kier molecular flexibility index (Phi) is 6.95. The number of halogens is 2. The number of carbonyl (C=O) groups is 2. The van der Waals surface area contributed by atoms with Crippen LogP contribution in [0.3, 0.4) is 0 Å². The monoisotopic (exact) mass is 478 g/mol. The normalized spacial score (nSPS) is 10.4. The second-order valence-corrected chi connectivity index (χ2v) is 7.62. The summed E-state index contributed by atoms with van der Waals surface area (Å²) >= 11 is 4.83. The molecule has 6 nitrogen and oxygen atoms in total. The minimum atomic E-state index is -0.621. The first kappa shape index (κ1) is 20.9. The smallest absolute Gasteiger partial charge is 0.325 e. The number of thiazole rings is 1. The SMILES string of the molecule is COc1ccc(Br)cc1-c1nc(COC(=O)CNC(=O)c2cccc(F)c2)cs1. The molecule has 0 radical (unpaired) electrons. The number of hydrogen-bond donors (Lipinski definition) is 1. The third-order valence-electron chi connectivity index (χ3n) is 3.80. The maximum atomic E-state index is 13.1. The molecule has 0 aliphatic rings. The van der Waals surface area contributed by atoms with Gasteiger partial charge in [-0.3, -0.25) is 9.59 Å². The molecule has 1 aromatic heterocycles. The van der Waals surface area contributed by atoms with E-state index in [4.69, 9.17) is 9.47 Å². The molecule has 0 atom stereocenters. The third kappa shape index (κ3) is 5.61. The van der Waals surface area contributed by atoms with Gasteiger partial charge in [-0.1, -0.05) is 22.0 Å². The van der Waals surface area contributed by atoms with Crippen LogP contribution in [0.1, 0.15) is 16.1 Å². The van der Waals surface area contributed by atoms with Crippen LogP contribution in [-0.4, -0.2) is 30.5 Å². The lowest BCUT2D eigenvalue weighted by atomic mass is 10.2. The molecule has 0 saturated carbocycles. The van der Waals surface area contributed by atoms with Gasteiger partial charge in [0.15, 0.2) is 0 Å². The Balaban J connectivity index is 1.54. The number of benzene rings is 2. The van der Waals surface area contributed by atoms with Gasteiger partial charge < -0.3 is 14.8 Å². The van der Waals surface area contributed by atoms with Crippen molar-refractivity contribution in [1.82, 2.24) is 10.3 Å². The number of rotatable bonds is 7. The molecular formula is C20H16BrFN2O4S. The van der Waals surface area contributed by atoms with Gasteiger partial charge in [-0.2, -0.15) is 0 Å². The topological polar surface area (TPSA) is 77.5 Å². The molecule has 1 N–H and O–H groups in total. The summed E-state index contributed by atoms with van der Waals surface area (Å²) in [6.07, 6.45) is 0. The molecule has 150 valence electrons. The van der Waals surface area contributed by atoms with Gasteiger partial charge in [0.2, 0.25) is 0 Å². The van der Waals surface area contributed by atoms with Gasteiger partial charge in [0.25, 0.3) is 5.91 Å². The Morgan fingerprint density at radius 2 is 2.07 bits per heavy atom. The first-order valence-electron chi connectivity index (χ1n) is 8.44. The lowest BCUT2D eigenvalue weighted by Gasteiger charge is -2.07. The van der Waals surface area contributed by atoms with Gasteiger partial charge in [-0.15, -0.1) is 11.3 Å². The maximum absolute atomic E-state index is 13.1. The number of amides is 1. The van der Waals surface area contributed by atoms with Crippen LogP contribution in [0.4, 0.5) is 4.39 Å². The number of aromatic nitrogens is 1. The van der Waals surface area contributed by atoms with Crippen LogP contribution in [0, 0.1) is 5.82 Å². The van der Waals surface area contributed by atoms with Crippen molar-refractivity contribution in [3.8, 4) is 16.3 Å². The van der Waals surface area contributed by atoms with Crippen LogP contribution >= 0.6 is 27.3 Å². The fraction of sp³-hybridized carbons (Fsp3) is 0.150. The maximum Gasteiger partial charge on any atom is 0.325 e. The Hall–Kier alpha value is -2.78. The second kappa shape index (κ2) is 9.62. The summed E-state index contributed by atoms with van der Waals surface area (Å²) < 4.78 is 24.5. The van der Waals surface area contributed by atoms with Gasteiger partial charge in [-0.05, 0) is 36.4 Å². The highest BCUT2D eigenvalue weighted by Crippen LogP contribution is 2.34. The van der Waals surface area contributed by atoms with E-state index in [1.165, 1.54) is 29.5 Å². The number of methoxy groups -OCH3 is 1. The zero-order valence-corrected chi connectivity index (χ0v) is 17.7. The fourth-order valence-corrected chi connectivity index (χ4v) is 3.62. The molecule has 0 aliphatic carbocycles. The molecule has 9 heteroatoms. The van der Waals surface area contributed by atoms with Crippen LogP contribution in [0.5, 0.6) is 5.75 Å². The molecule has 29 heavy (non-hydrogen) atoms. The third-order valence-corrected chi connectivity index (χ3v) is 5.22. The van der Waals surface area contributed by atoms with Crippen molar-refractivity contribution in [3.63, 3.8) is 0 Å². The Bertz CT molecular complexity index is 1040. The molecular weight excluding hydrogens is 463 g/mol. The second-order valence-electron chi connectivity index (χ2n) is 5.84. The zero-order chi connectivity index (χ0) is 20.8. The Labute approximate surface area is 178 Å². The summed E-state index contributed by atoms with van der Waals surface area (Å²) in [5.74, 6) is -1.02. The molecule has 0 aliphatic heterocycles. The van der Waals surface area contributed by atoms with Crippen molar-refractivity contribution in [1.29, 1.82) is 0 Å². The lowest BCUT2D eigenvalue weighted by molar-refractivity contribution is -0.143. The van der Waals surface area contributed by atoms with Gasteiger partial charge in [0.1, 0.15) is 29.7 Å². The summed E-state index contributed by atoms with van der Waals surface area (Å²) in [5.41, 5.74) is 1.54. The largest absolute Gasteiger partial charge is 0.496 e. The molecule has 0 spiro atoms. The predicted octanol–water partition coefficient (Wildman–Crippen LogP) is 4.19. The van der Waals surface area contributed by atoms with Crippen LogP contribution in [-0.2, 0) is 16.1 Å². The number of ether oxygens (including phenoxy) is 2. The minimum absolute atomic E-state index is 0.0263. The molecule has 2 aromatic carbocycles. The average molecular weight is 479 g/mol. The van der Waals surface area contributed by atoms with Crippen molar-refractivity contribution in [2.75, 3.05) is 13.7 Å². The predicted molar refractivity (Wildman–Crippen MR) is 110 cm³/mol. The molecule has 0 saturated heterocycles. The minimum Gasteiger partial charge on any atom is -0.496 e. The molecule has 1 heterocycles. The van der Waals surface area contributed by atoms with E-state index in [9.17, 15) is 14.0 Å². The number of nitrogens with zero attached hydrogens (tertiary/aromatic N) is 1. The summed E-state index contributed by atoms with van der Waals surface area (Å²) in [7, 11) is 1.58. The zero-order valence-electron chi connectivity index (χ0n) is 15.3. The van der Waals surface area contributed by atoms with E-state index < -0.39 is 17.7 Å². The van der Waals surface area contributed by atoms with E-state index in [1.54, 1.807) is 12.5 Å². The number of carbonyl (C=O) groups excluding carboxylic acids is 2. The molecule has 3 rings (SSSR count). The first-order chi connectivity index (χ1) is 14.0. The molecule has 0 bridgehead atoms. The van der Waals surface area contributed by atoms with Crippen molar-refractivity contribution >= 4 is 39.1 Å². The Morgan fingerprint density at radius 1 is 1.24 bits per heavy atom. The fourth-order valence-electron chi connectivity index (χ4n) is 2.43. The highest BCUT2D eigenvalue weighted by Gasteiger charge is 2.13. The Morgan fingerprint density at radius 3 is 2.83 bits per heavy atom. The van der Waals surface area contributed by atoms with E-state index >= 15 is 0 Å². The molecule has 1 amide bonds. The van der Waals surface area contributed by atoms with E-state index in [-0.39, 0.29) is 18.7 Å². The van der Waals surface area contributed by atoms with Gasteiger partial charge in [-0.25, -0.2) is 9.37 Å². The highest BCUT2D eigenvalue weighted by atomic mass is 79.9. The van der Waals surface area contributed by atoms with Crippen molar-refractivity contribution in [2.45, 2.75) is 6.61 Å². The molecule has 0 unspecified atom stereocenters. The number of hydrogen-bond acceptors (Lipinski definition) is 6. The van der Waals surface area contributed by atoms with Crippen molar-refractivity contribution in [2.24, 2.45) is 0 Å². The number of esters is 1. The summed E-state index contributed by atoms with van der Waals surface area (Å²) in [6, 6.07) is 10.8. The summed E-state index contributed by atoms with van der Waals surface area (Å²) in [6.45, 7) is -0.354.